The lowest BCUT2D eigenvalue weighted by atomic mass is 9.95. The molecule has 0 radical (unpaired) electrons. The Morgan fingerprint density at radius 1 is 1.00 bits per heavy atom. The molecule has 5 rings (SSSR count). The van der Waals surface area contributed by atoms with Gasteiger partial charge in [0.15, 0.2) is 5.82 Å². The zero-order valence-electron chi connectivity index (χ0n) is 18.6. The predicted molar refractivity (Wildman–Crippen MR) is 131 cm³/mol. The van der Waals surface area contributed by atoms with Crippen LogP contribution in [0.2, 0.25) is 5.02 Å². The van der Waals surface area contributed by atoms with Gasteiger partial charge in [0.2, 0.25) is 5.91 Å². The third kappa shape index (κ3) is 4.16. The number of amides is 1. The Morgan fingerprint density at radius 3 is 2.39 bits per heavy atom. The van der Waals surface area contributed by atoms with Crippen LogP contribution in [0.25, 0.3) is 16.6 Å². The summed E-state index contributed by atoms with van der Waals surface area (Å²) in [5, 5.41) is 18.5. The molecule has 168 valence electrons. The lowest BCUT2D eigenvalue weighted by molar-refractivity contribution is -0.120. The van der Waals surface area contributed by atoms with Gasteiger partial charge in [-0.2, -0.15) is 10.2 Å². The summed E-state index contributed by atoms with van der Waals surface area (Å²) < 4.78 is 1.96. The van der Waals surface area contributed by atoms with Crippen LogP contribution in [-0.2, 0) is 4.79 Å². The van der Waals surface area contributed by atoms with Crippen molar-refractivity contribution in [3.05, 3.63) is 71.0 Å². The van der Waals surface area contributed by atoms with Crippen molar-refractivity contribution in [2.75, 3.05) is 23.3 Å². The Balaban J connectivity index is 1.36. The van der Waals surface area contributed by atoms with Crippen molar-refractivity contribution in [3.8, 4) is 5.69 Å². The number of aryl methyl sites for hydroxylation is 2. The quantitative estimate of drug-likeness (QED) is 0.466. The minimum Gasteiger partial charge on any atom is -0.353 e. The molecule has 0 saturated carbocycles. The normalized spacial score (nSPS) is 14.6. The Morgan fingerprint density at radius 2 is 1.70 bits per heavy atom. The lowest BCUT2D eigenvalue weighted by Crippen LogP contribution is -2.38. The van der Waals surface area contributed by atoms with Crippen LogP contribution in [-0.4, -0.2) is 39.0 Å². The molecule has 3 heterocycles. The minimum atomic E-state index is -0.0468. The summed E-state index contributed by atoms with van der Waals surface area (Å²) in [5.74, 6) is 0.778. The van der Waals surface area contributed by atoms with Gasteiger partial charge in [0.25, 0.3) is 0 Å². The number of hydrogen-bond donors (Lipinski definition) is 1. The molecule has 0 spiro atoms. The molecular weight excluding hydrogens is 436 g/mol. The largest absolute Gasteiger partial charge is 0.353 e. The van der Waals surface area contributed by atoms with Gasteiger partial charge < -0.3 is 10.2 Å². The highest BCUT2D eigenvalue weighted by atomic mass is 35.5. The second-order valence-corrected chi connectivity index (χ2v) is 8.86. The fraction of sp³-hybridized carbons (Fsp3) is 0.280. The van der Waals surface area contributed by atoms with Crippen LogP contribution in [0.5, 0.6) is 0 Å². The van der Waals surface area contributed by atoms with Crippen LogP contribution in [0.1, 0.15) is 24.2 Å². The smallest absolute Gasteiger partial charge is 0.227 e. The van der Waals surface area contributed by atoms with E-state index in [4.69, 9.17) is 16.7 Å². The topological polar surface area (TPSA) is 75.9 Å². The summed E-state index contributed by atoms with van der Waals surface area (Å²) in [6.45, 7) is 5.48. The molecule has 4 aromatic rings. The van der Waals surface area contributed by atoms with E-state index in [9.17, 15) is 4.79 Å². The van der Waals surface area contributed by atoms with Crippen LogP contribution in [0.3, 0.4) is 0 Å². The molecule has 2 aromatic heterocycles. The summed E-state index contributed by atoms with van der Waals surface area (Å²) in [4.78, 5) is 14.9. The van der Waals surface area contributed by atoms with E-state index in [-0.39, 0.29) is 11.8 Å². The maximum Gasteiger partial charge on any atom is 0.227 e. The van der Waals surface area contributed by atoms with Crippen LogP contribution in [0, 0.1) is 19.8 Å². The number of benzene rings is 2. The van der Waals surface area contributed by atoms with E-state index in [1.165, 1.54) is 0 Å². The monoisotopic (exact) mass is 460 g/mol. The molecule has 1 aliphatic heterocycles. The van der Waals surface area contributed by atoms with Crippen molar-refractivity contribution in [2.45, 2.75) is 26.7 Å². The molecule has 0 unspecified atom stereocenters. The molecular formula is C25H25ClN6O. The summed E-state index contributed by atoms with van der Waals surface area (Å²) in [7, 11) is 0. The maximum absolute atomic E-state index is 12.8. The molecule has 1 N–H and O–H groups in total. The van der Waals surface area contributed by atoms with Crippen molar-refractivity contribution in [3.63, 3.8) is 0 Å². The standard InChI is InChI=1S/C25H25ClN6O/c1-16-22-17(2)32(21-6-4-3-5-7-21)30-23(22)24(29-28-16)31-14-12-18(13-15-31)25(33)27-20-10-8-19(26)9-11-20/h3-11,18H,12-15H2,1-2H3,(H,27,33). The van der Waals surface area contributed by atoms with Crippen LogP contribution >= 0.6 is 11.6 Å². The van der Waals surface area contributed by atoms with Gasteiger partial charge in [-0.1, -0.05) is 29.8 Å². The number of carbonyl (C=O) groups excluding carboxylic acids is 1. The highest BCUT2D eigenvalue weighted by Gasteiger charge is 2.28. The van der Waals surface area contributed by atoms with E-state index in [2.05, 4.69) is 27.3 Å². The Bertz CT molecular complexity index is 1290. The number of aromatic nitrogens is 4. The minimum absolute atomic E-state index is 0.0429. The van der Waals surface area contributed by atoms with Crippen LogP contribution in [0.4, 0.5) is 11.5 Å². The van der Waals surface area contributed by atoms with Crippen molar-refractivity contribution in [1.29, 1.82) is 0 Å². The number of hydrogen-bond acceptors (Lipinski definition) is 5. The first-order chi connectivity index (χ1) is 16.0. The van der Waals surface area contributed by atoms with Gasteiger partial charge >= 0.3 is 0 Å². The molecule has 1 saturated heterocycles. The highest BCUT2D eigenvalue weighted by molar-refractivity contribution is 6.30. The number of para-hydroxylation sites is 1. The highest BCUT2D eigenvalue weighted by Crippen LogP contribution is 2.31. The zero-order chi connectivity index (χ0) is 22.9. The molecule has 1 amide bonds. The number of halogens is 1. The van der Waals surface area contributed by atoms with Gasteiger partial charge in [0.05, 0.1) is 22.5 Å². The summed E-state index contributed by atoms with van der Waals surface area (Å²) >= 11 is 5.93. The van der Waals surface area contributed by atoms with Crippen LogP contribution < -0.4 is 10.2 Å². The second kappa shape index (κ2) is 8.83. The van der Waals surface area contributed by atoms with Gasteiger partial charge in [0, 0.05) is 29.7 Å². The fourth-order valence-corrected chi connectivity index (χ4v) is 4.60. The number of nitrogens with zero attached hydrogens (tertiary/aromatic N) is 5. The van der Waals surface area contributed by atoms with Gasteiger partial charge in [-0.3, -0.25) is 4.79 Å². The summed E-state index contributed by atoms with van der Waals surface area (Å²) in [6.07, 6.45) is 1.49. The average molecular weight is 461 g/mol. The average Bonchev–Trinajstić information content (AvgIpc) is 3.19. The molecule has 0 bridgehead atoms. The molecule has 7 nitrogen and oxygen atoms in total. The first kappa shape index (κ1) is 21.4. The predicted octanol–water partition coefficient (Wildman–Crippen LogP) is 4.94. The number of fused-ring (bicyclic) bond motifs is 1. The van der Waals surface area contributed by atoms with Gasteiger partial charge in [0.1, 0.15) is 5.52 Å². The lowest BCUT2D eigenvalue weighted by Gasteiger charge is -2.32. The number of carbonyl (C=O) groups is 1. The van der Waals surface area contributed by atoms with Crippen LogP contribution in [0.15, 0.2) is 54.6 Å². The Hall–Kier alpha value is -3.45. The number of anilines is 2. The van der Waals surface area contributed by atoms with Crippen molar-refractivity contribution in [2.24, 2.45) is 5.92 Å². The number of nitrogens with one attached hydrogen (secondary N) is 1. The second-order valence-electron chi connectivity index (χ2n) is 8.42. The molecule has 1 fully saturated rings. The van der Waals surface area contributed by atoms with Gasteiger partial charge in [-0.15, -0.1) is 5.10 Å². The molecule has 1 aliphatic rings. The molecule has 0 atom stereocenters. The SMILES string of the molecule is Cc1nnc(N2CCC(C(=O)Nc3ccc(Cl)cc3)CC2)c2nn(-c3ccccc3)c(C)c12. The fourth-order valence-electron chi connectivity index (χ4n) is 4.48. The van der Waals surface area contributed by atoms with E-state index < -0.39 is 0 Å². The van der Waals surface area contributed by atoms with E-state index in [1.54, 1.807) is 12.1 Å². The van der Waals surface area contributed by atoms with E-state index in [0.29, 0.717) is 5.02 Å². The molecule has 8 heteroatoms. The maximum atomic E-state index is 12.8. The van der Waals surface area contributed by atoms with E-state index in [0.717, 1.165) is 65.4 Å². The molecule has 0 aliphatic carbocycles. The zero-order valence-corrected chi connectivity index (χ0v) is 19.4. The Labute approximate surface area is 197 Å². The number of rotatable bonds is 4. The van der Waals surface area contributed by atoms with Gasteiger partial charge in [-0.25, -0.2) is 4.68 Å². The van der Waals surface area contributed by atoms with Gasteiger partial charge in [-0.05, 0) is 63.1 Å². The first-order valence-corrected chi connectivity index (χ1v) is 11.5. The third-order valence-electron chi connectivity index (χ3n) is 6.26. The third-order valence-corrected chi connectivity index (χ3v) is 6.51. The van der Waals surface area contributed by atoms with Crippen molar-refractivity contribution < 1.29 is 4.79 Å². The summed E-state index contributed by atoms with van der Waals surface area (Å²) in [5.41, 5.74) is 4.54. The first-order valence-electron chi connectivity index (χ1n) is 11.1. The molecule has 2 aromatic carbocycles. The van der Waals surface area contributed by atoms with E-state index in [1.807, 2.05) is 54.1 Å². The summed E-state index contributed by atoms with van der Waals surface area (Å²) in [6, 6.07) is 17.3. The number of piperidine rings is 1. The van der Waals surface area contributed by atoms with Crippen molar-refractivity contribution in [1.82, 2.24) is 20.0 Å². The Kier molecular flexibility index (Phi) is 5.72. The van der Waals surface area contributed by atoms with E-state index >= 15 is 0 Å². The molecule has 33 heavy (non-hydrogen) atoms. The van der Waals surface area contributed by atoms with Crippen molar-refractivity contribution >= 4 is 39.9 Å².